The van der Waals surface area contributed by atoms with E-state index in [1.807, 2.05) is 32.0 Å². The van der Waals surface area contributed by atoms with Crippen LogP contribution in [0.2, 0.25) is 5.02 Å². The van der Waals surface area contributed by atoms with Crippen molar-refractivity contribution >= 4 is 45.5 Å². The normalized spacial score (nSPS) is 16.1. The molecule has 4 rings (SSSR count). The van der Waals surface area contributed by atoms with Crippen molar-refractivity contribution in [2.45, 2.75) is 32.7 Å². The van der Waals surface area contributed by atoms with Gasteiger partial charge in [-0.25, -0.2) is 15.0 Å². The lowest BCUT2D eigenvalue weighted by Crippen LogP contribution is -2.27. The largest absolute Gasteiger partial charge is 0.355 e. The first kappa shape index (κ1) is 20.7. The van der Waals surface area contributed by atoms with Crippen molar-refractivity contribution in [2.75, 3.05) is 23.3 Å². The molecule has 0 aliphatic carbocycles. The van der Waals surface area contributed by atoms with Gasteiger partial charge in [-0.1, -0.05) is 35.1 Å². The highest BCUT2D eigenvalue weighted by Gasteiger charge is 2.21. The van der Waals surface area contributed by atoms with Crippen molar-refractivity contribution in [2.24, 2.45) is 5.73 Å². The molecule has 1 aromatic carbocycles. The van der Waals surface area contributed by atoms with Crippen LogP contribution in [0.3, 0.4) is 0 Å². The third-order valence-electron chi connectivity index (χ3n) is 5.08. The van der Waals surface area contributed by atoms with Crippen molar-refractivity contribution in [3.05, 3.63) is 57.3 Å². The minimum Gasteiger partial charge on any atom is -0.355 e. The number of nitrogens with two attached hydrogens (primary N) is 1. The number of nitrogens with zero attached hydrogens (tertiary/aromatic N) is 4. The van der Waals surface area contributed by atoms with Crippen LogP contribution in [0.1, 0.15) is 33.0 Å². The van der Waals surface area contributed by atoms with Crippen LogP contribution in [0.15, 0.2) is 30.5 Å². The van der Waals surface area contributed by atoms with Gasteiger partial charge in [-0.05, 0) is 37.5 Å². The number of ketones is 1. The smallest absolute Gasteiger partial charge is 0.188 e. The molecule has 156 valence electrons. The fraction of sp³-hybridized carbons (Fsp3) is 0.333. The zero-order valence-corrected chi connectivity index (χ0v) is 18.4. The molecule has 1 aliphatic heterocycles. The van der Waals surface area contributed by atoms with Gasteiger partial charge in [0.2, 0.25) is 0 Å². The van der Waals surface area contributed by atoms with Crippen LogP contribution in [0.5, 0.6) is 0 Å². The van der Waals surface area contributed by atoms with Gasteiger partial charge in [0.1, 0.15) is 17.5 Å². The number of halogens is 1. The Morgan fingerprint density at radius 1 is 1.37 bits per heavy atom. The van der Waals surface area contributed by atoms with Gasteiger partial charge >= 0.3 is 0 Å². The lowest BCUT2D eigenvalue weighted by molar-refractivity contribution is 0.0996. The van der Waals surface area contributed by atoms with Crippen molar-refractivity contribution in [3.63, 3.8) is 0 Å². The second kappa shape index (κ2) is 8.67. The molecule has 3 aromatic rings. The SMILES string of the molecule is Cc1nc(Nc2ncc(C(=O)Cc3c(C)cccc3Cl)s2)cc(N2CC[C@@H](N)C2)n1. The Kier molecular flexibility index (Phi) is 5.99. The molecular formula is C21H23ClN6OS. The fourth-order valence-corrected chi connectivity index (χ4v) is 4.53. The maximum Gasteiger partial charge on any atom is 0.188 e. The Hall–Kier alpha value is -2.55. The number of aryl methyl sites for hydroxylation is 2. The van der Waals surface area contributed by atoms with E-state index in [-0.39, 0.29) is 18.2 Å². The van der Waals surface area contributed by atoms with Gasteiger partial charge in [0.25, 0.3) is 0 Å². The van der Waals surface area contributed by atoms with E-state index in [0.717, 1.165) is 36.5 Å². The predicted molar refractivity (Wildman–Crippen MR) is 121 cm³/mol. The molecule has 2 aromatic heterocycles. The first-order valence-electron chi connectivity index (χ1n) is 9.75. The Morgan fingerprint density at radius 3 is 2.93 bits per heavy atom. The summed E-state index contributed by atoms with van der Waals surface area (Å²) >= 11 is 7.57. The minimum atomic E-state index is -0.0117. The van der Waals surface area contributed by atoms with Crippen LogP contribution >= 0.6 is 22.9 Å². The minimum absolute atomic E-state index is 0.0117. The van der Waals surface area contributed by atoms with E-state index in [0.29, 0.717) is 26.7 Å². The summed E-state index contributed by atoms with van der Waals surface area (Å²) in [5.41, 5.74) is 7.88. The fourth-order valence-electron chi connectivity index (χ4n) is 3.48. The summed E-state index contributed by atoms with van der Waals surface area (Å²) in [5.74, 6) is 2.15. The van der Waals surface area contributed by atoms with Crippen molar-refractivity contribution < 1.29 is 4.79 Å². The molecule has 1 atom stereocenters. The van der Waals surface area contributed by atoms with Crippen molar-refractivity contribution in [1.82, 2.24) is 15.0 Å². The monoisotopic (exact) mass is 442 g/mol. The molecule has 0 spiro atoms. The molecule has 9 heteroatoms. The molecule has 7 nitrogen and oxygen atoms in total. The molecule has 1 saturated heterocycles. The molecular weight excluding hydrogens is 420 g/mol. The van der Waals surface area contributed by atoms with Gasteiger partial charge in [-0.15, -0.1) is 0 Å². The zero-order chi connectivity index (χ0) is 21.3. The van der Waals surface area contributed by atoms with Gasteiger partial charge in [0.05, 0.1) is 11.1 Å². The summed E-state index contributed by atoms with van der Waals surface area (Å²) in [4.78, 5) is 28.8. The summed E-state index contributed by atoms with van der Waals surface area (Å²) in [6.45, 7) is 5.48. The van der Waals surface area contributed by atoms with Crippen LogP contribution in [-0.2, 0) is 6.42 Å². The summed E-state index contributed by atoms with van der Waals surface area (Å²) in [6.07, 6.45) is 2.80. The van der Waals surface area contributed by atoms with E-state index in [1.165, 1.54) is 11.3 Å². The molecule has 3 heterocycles. The molecule has 30 heavy (non-hydrogen) atoms. The average molecular weight is 443 g/mol. The maximum absolute atomic E-state index is 12.7. The van der Waals surface area contributed by atoms with Gasteiger partial charge in [-0.3, -0.25) is 4.79 Å². The van der Waals surface area contributed by atoms with Crippen LogP contribution in [-0.4, -0.2) is 39.9 Å². The Labute approximate surface area is 184 Å². The lowest BCUT2D eigenvalue weighted by atomic mass is 10.0. The van der Waals surface area contributed by atoms with E-state index in [2.05, 4.69) is 25.2 Å². The predicted octanol–water partition coefficient (Wildman–Crippen LogP) is 3.91. The van der Waals surface area contributed by atoms with Crippen molar-refractivity contribution in [3.8, 4) is 0 Å². The number of rotatable bonds is 6. The standard InChI is InChI=1S/C21H23ClN6OS/c1-12-4-3-5-16(22)15(12)8-17(29)18-10-24-21(30-18)27-19-9-20(26-13(2)25-19)28-7-6-14(23)11-28/h3-5,9-10,14H,6-8,11,23H2,1-2H3,(H,24,25,26,27)/t14-/m1/s1. The van der Waals surface area contributed by atoms with Gasteiger partial charge in [0.15, 0.2) is 10.9 Å². The highest BCUT2D eigenvalue weighted by atomic mass is 35.5. The zero-order valence-electron chi connectivity index (χ0n) is 16.9. The molecule has 1 aliphatic rings. The van der Waals surface area contributed by atoms with E-state index in [9.17, 15) is 4.79 Å². The lowest BCUT2D eigenvalue weighted by Gasteiger charge is -2.18. The van der Waals surface area contributed by atoms with Gasteiger partial charge in [-0.2, -0.15) is 0 Å². The van der Waals surface area contributed by atoms with Crippen LogP contribution in [0.25, 0.3) is 0 Å². The second-order valence-electron chi connectivity index (χ2n) is 7.44. The first-order valence-corrected chi connectivity index (χ1v) is 10.9. The number of anilines is 3. The topological polar surface area (TPSA) is 97.0 Å². The number of thiazole rings is 1. The second-order valence-corrected chi connectivity index (χ2v) is 8.88. The number of hydrogen-bond donors (Lipinski definition) is 2. The number of carbonyl (C=O) groups excluding carboxylic acids is 1. The third kappa shape index (κ3) is 4.61. The van der Waals surface area contributed by atoms with Crippen molar-refractivity contribution in [1.29, 1.82) is 0 Å². The number of carbonyl (C=O) groups is 1. The maximum atomic E-state index is 12.7. The molecule has 0 unspecified atom stereocenters. The Bertz CT molecular complexity index is 1060. The van der Waals surface area contributed by atoms with E-state index in [1.54, 1.807) is 12.3 Å². The van der Waals surface area contributed by atoms with Crippen LogP contribution < -0.4 is 16.0 Å². The number of Topliss-reactive ketones (excluding diaryl/α,β-unsaturated/α-hetero) is 1. The Balaban J connectivity index is 1.48. The van der Waals surface area contributed by atoms with Crippen LogP contribution in [0.4, 0.5) is 16.8 Å². The number of aromatic nitrogens is 3. The quantitative estimate of drug-likeness (QED) is 0.558. The van der Waals surface area contributed by atoms with E-state index < -0.39 is 0 Å². The van der Waals surface area contributed by atoms with Gasteiger partial charge < -0.3 is 16.0 Å². The third-order valence-corrected chi connectivity index (χ3v) is 6.39. The first-order chi connectivity index (χ1) is 14.4. The molecule has 0 bridgehead atoms. The number of nitrogens with one attached hydrogen (secondary N) is 1. The summed E-state index contributed by atoms with van der Waals surface area (Å²) < 4.78 is 0. The number of hydrogen-bond acceptors (Lipinski definition) is 8. The molecule has 0 amide bonds. The summed E-state index contributed by atoms with van der Waals surface area (Å²) in [6, 6.07) is 7.70. The molecule has 1 fully saturated rings. The van der Waals surface area contributed by atoms with E-state index >= 15 is 0 Å². The number of benzene rings is 1. The van der Waals surface area contributed by atoms with E-state index in [4.69, 9.17) is 17.3 Å². The average Bonchev–Trinajstić information content (AvgIpc) is 3.33. The highest BCUT2D eigenvalue weighted by Crippen LogP contribution is 2.27. The highest BCUT2D eigenvalue weighted by molar-refractivity contribution is 7.17. The van der Waals surface area contributed by atoms with Gasteiger partial charge in [0, 0.05) is 36.6 Å². The summed E-state index contributed by atoms with van der Waals surface area (Å²) in [7, 11) is 0. The van der Waals surface area contributed by atoms with Crippen LogP contribution in [0, 0.1) is 13.8 Å². The summed E-state index contributed by atoms with van der Waals surface area (Å²) in [5, 5.41) is 4.42. The molecule has 3 N–H and O–H groups in total. The Morgan fingerprint density at radius 2 is 2.20 bits per heavy atom. The molecule has 0 radical (unpaired) electrons. The molecule has 0 saturated carbocycles.